The Morgan fingerprint density at radius 1 is 1.38 bits per heavy atom. The van der Waals surface area contributed by atoms with Crippen molar-refractivity contribution in [3.63, 3.8) is 0 Å². The Hall–Kier alpha value is -2.90. The first-order valence-electron chi connectivity index (χ1n) is 6.20. The summed E-state index contributed by atoms with van der Waals surface area (Å²) in [7, 11) is 3.23. The van der Waals surface area contributed by atoms with Crippen molar-refractivity contribution in [1.82, 2.24) is 9.97 Å². The van der Waals surface area contributed by atoms with Gasteiger partial charge in [-0.05, 0) is 17.7 Å². The third-order valence-corrected chi connectivity index (χ3v) is 2.80. The summed E-state index contributed by atoms with van der Waals surface area (Å²) in [5.41, 5.74) is 0.808. The molecule has 2 aromatic rings. The summed E-state index contributed by atoms with van der Waals surface area (Å²) in [5.74, 6) is 1.25. The number of hydrogen-bond donors (Lipinski definition) is 2. The SMILES string of the molecule is CNc1ccc([N+](=O)[O-])c(NCc2ccnc(OC)c2)n1. The molecule has 21 heavy (non-hydrogen) atoms. The zero-order valence-corrected chi connectivity index (χ0v) is 11.7. The van der Waals surface area contributed by atoms with Gasteiger partial charge in [0, 0.05) is 31.9 Å². The van der Waals surface area contributed by atoms with Crippen molar-refractivity contribution in [3.8, 4) is 5.88 Å². The normalized spacial score (nSPS) is 10.0. The van der Waals surface area contributed by atoms with Crippen LogP contribution in [0.4, 0.5) is 17.3 Å². The summed E-state index contributed by atoms with van der Waals surface area (Å²) >= 11 is 0. The van der Waals surface area contributed by atoms with Crippen LogP contribution in [0.25, 0.3) is 0 Å². The molecule has 8 heteroatoms. The smallest absolute Gasteiger partial charge is 0.311 e. The highest BCUT2D eigenvalue weighted by molar-refractivity contribution is 5.60. The minimum atomic E-state index is -0.470. The minimum absolute atomic E-state index is 0.0741. The molecule has 0 fully saturated rings. The molecule has 2 heterocycles. The summed E-state index contributed by atoms with van der Waals surface area (Å²) in [6.07, 6.45) is 1.61. The Labute approximate surface area is 121 Å². The first-order valence-corrected chi connectivity index (χ1v) is 6.20. The number of ether oxygens (including phenoxy) is 1. The molecule has 8 nitrogen and oxygen atoms in total. The predicted octanol–water partition coefficient (Wildman–Crippen LogP) is 2.05. The topological polar surface area (TPSA) is 102 Å². The van der Waals surface area contributed by atoms with E-state index in [1.54, 1.807) is 31.4 Å². The van der Waals surface area contributed by atoms with Gasteiger partial charge < -0.3 is 15.4 Å². The molecule has 0 aromatic carbocycles. The van der Waals surface area contributed by atoms with Crippen LogP contribution < -0.4 is 15.4 Å². The number of aromatic nitrogens is 2. The number of rotatable bonds is 6. The highest BCUT2D eigenvalue weighted by atomic mass is 16.6. The molecule has 0 atom stereocenters. The number of anilines is 2. The van der Waals surface area contributed by atoms with Crippen LogP contribution >= 0.6 is 0 Å². The maximum atomic E-state index is 11.0. The molecule has 0 unspecified atom stereocenters. The van der Waals surface area contributed by atoms with Gasteiger partial charge >= 0.3 is 5.69 Å². The van der Waals surface area contributed by atoms with E-state index in [2.05, 4.69) is 20.6 Å². The van der Waals surface area contributed by atoms with E-state index in [4.69, 9.17) is 4.74 Å². The Balaban J connectivity index is 2.19. The van der Waals surface area contributed by atoms with Crippen molar-refractivity contribution in [3.05, 3.63) is 46.1 Å². The summed E-state index contributed by atoms with van der Waals surface area (Å²) in [6.45, 7) is 0.375. The van der Waals surface area contributed by atoms with Crippen LogP contribution in [0.3, 0.4) is 0 Å². The van der Waals surface area contributed by atoms with E-state index >= 15 is 0 Å². The quantitative estimate of drug-likeness (QED) is 0.619. The molecule has 0 amide bonds. The van der Waals surface area contributed by atoms with Gasteiger partial charge in [-0.2, -0.15) is 0 Å². The number of nitrogens with one attached hydrogen (secondary N) is 2. The van der Waals surface area contributed by atoms with Gasteiger partial charge in [-0.15, -0.1) is 0 Å². The number of hydrogen-bond acceptors (Lipinski definition) is 7. The van der Waals surface area contributed by atoms with Gasteiger partial charge in [0.2, 0.25) is 11.7 Å². The van der Waals surface area contributed by atoms with Gasteiger partial charge in [-0.25, -0.2) is 9.97 Å². The molecule has 2 rings (SSSR count). The molecule has 2 N–H and O–H groups in total. The molecular weight excluding hydrogens is 274 g/mol. The van der Waals surface area contributed by atoms with Crippen molar-refractivity contribution >= 4 is 17.3 Å². The van der Waals surface area contributed by atoms with Gasteiger partial charge in [0.1, 0.15) is 5.82 Å². The molecule has 0 saturated heterocycles. The third-order valence-electron chi connectivity index (χ3n) is 2.80. The summed E-state index contributed by atoms with van der Waals surface area (Å²) in [6, 6.07) is 6.51. The number of nitrogens with zero attached hydrogens (tertiary/aromatic N) is 3. The van der Waals surface area contributed by atoms with E-state index in [-0.39, 0.29) is 11.5 Å². The summed E-state index contributed by atoms with van der Waals surface area (Å²) < 4.78 is 5.03. The zero-order valence-electron chi connectivity index (χ0n) is 11.7. The number of pyridine rings is 2. The molecule has 0 bridgehead atoms. The van der Waals surface area contributed by atoms with Crippen LogP contribution in [0.15, 0.2) is 30.5 Å². The van der Waals surface area contributed by atoms with Gasteiger partial charge in [-0.3, -0.25) is 10.1 Å². The fourth-order valence-corrected chi connectivity index (χ4v) is 1.73. The second-order valence-corrected chi connectivity index (χ2v) is 4.13. The number of nitro groups is 1. The molecule has 110 valence electrons. The fourth-order valence-electron chi connectivity index (χ4n) is 1.73. The first-order chi connectivity index (χ1) is 10.1. The van der Waals surface area contributed by atoms with Gasteiger partial charge in [0.25, 0.3) is 0 Å². The second kappa shape index (κ2) is 6.51. The lowest BCUT2D eigenvalue weighted by atomic mass is 10.2. The molecule has 0 radical (unpaired) electrons. The predicted molar refractivity (Wildman–Crippen MR) is 78.6 cm³/mol. The fraction of sp³-hybridized carbons (Fsp3) is 0.231. The van der Waals surface area contributed by atoms with E-state index in [0.29, 0.717) is 18.2 Å². The van der Waals surface area contributed by atoms with Crippen molar-refractivity contribution in [1.29, 1.82) is 0 Å². The molecule has 0 aliphatic carbocycles. The van der Waals surface area contributed by atoms with E-state index in [0.717, 1.165) is 5.56 Å². The molecule has 0 saturated carbocycles. The minimum Gasteiger partial charge on any atom is -0.481 e. The van der Waals surface area contributed by atoms with Crippen LogP contribution in [0, 0.1) is 10.1 Å². The van der Waals surface area contributed by atoms with Gasteiger partial charge in [-0.1, -0.05) is 0 Å². The maximum Gasteiger partial charge on any atom is 0.311 e. The van der Waals surface area contributed by atoms with Crippen molar-refractivity contribution in [2.24, 2.45) is 0 Å². The Bertz CT molecular complexity index is 647. The Kier molecular flexibility index (Phi) is 4.50. The highest BCUT2D eigenvalue weighted by Gasteiger charge is 2.15. The van der Waals surface area contributed by atoms with Crippen LogP contribution in [0.1, 0.15) is 5.56 Å². The maximum absolute atomic E-state index is 11.0. The molecular formula is C13H15N5O3. The average molecular weight is 289 g/mol. The average Bonchev–Trinajstić information content (AvgIpc) is 2.52. The van der Waals surface area contributed by atoms with Gasteiger partial charge in [0.15, 0.2) is 0 Å². The molecule has 0 aliphatic rings. The lowest BCUT2D eigenvalue weighted by Crippen LogP contribution is -2.06. The third kappa shape index (κ3) is 3.56. The lowest BCUT2D eigenvalue weighted by Gasteiger charge is -2.08. The van der Waals surface area contributed by atoms with Crippen LogP contribution in [-0.4, -0.2) is 29.0 Å². The largest absolute Gasteiger partial charge is 0.481 e. The van der Waals surface area contributed by atoms with Gasteiger partial charge in [0.05, 0.1) is 12.0 Å². The van der Waals surface area contributed by atoms with Crippen molar-refractivity contribution in [2.45, 2.75) is 6.54 Å². The zero-order chi connectivity index (χ0) is 15.2. The monoisotopic (exact) mass is 289 g/mol. The Morgan fingerprint density at radius 3 is 2.86 bits per heavy atom. The molecule has 0 aliphatic heterocycles. The first kappa shape index (κ1) is 14.5. The second-order valence-electron chi connectivity index (χ2n) is 4.13. The van der Waals surface area contributed by atoms with Crippen LogP contribution in [-0.2, 0) is 6.54 Å². The Morgan fingerprint density at radius 2 is 2.19 bits per heavy atom. The lowest BCUT2D eigenvalue weighted by molar-refractivity contribution is -0.384. The van der Waals surface area contributed by atoms with Crippen LogP contribution in [0.5, 0.6) is 5.88 Å². The summed E-state index contributed by atoms with van der Waals surface area (Å²) in [4.78, 5) is 18.7. The molecule has 2 aromatic heterocycles. The van der Waals surface area contributed by atoms with E-state index in [1.165, 1.54) is 13.2 Å². The highest BCUT2D eigenvalue weighted by Crippen LogP contribution is 2.24. The van der Waals surface area contributed by atoms with Crippen molar-refractivity contribution < 1.29 is 9.66 Å². The van der Waals surface area contributed by atoms with E-state index in [1.807, 2.05) is 0 Å². The summed E-state index contributed by atoms with van der Waals surface area (Å²) in [5, 5.41) is 16.8. The molecule has 0 spiro atoms. The van der Waals surface area contributed by atoms with E-state index in [9.17, 15) is 10.1 Å². The van der Waals surface area contributed by atoms with Crippen LogP contribution in [0.2, 0.25) is 0 Å². The standard InChI is InChI=1S/C13H15N5O3/c1-14-11-4-3-10(18(19)20)13(17-11)16-8-9-5-6-15-12(7-9)21-2/h3-7H,8H2,1-2H3,(H2,14,16,17). The number of methoxy groups -OCH3 is 1. The van der Waals surface area contributed by atoms with E-state index < -0.39 is 4.92 Å². The van der Waals surface area contributed by atoms with Crippen molar-refractivity contribution in [2.75, 3.05) is 24.8 Å².